The van der Waals surface area contributed by atoms with Crippen molar-refractivity contribution < 1.29 is 0 Å². The number of hydrogen-bond donors (Lipinski definition) is 0. The Hall–Kier alpha value is -1.36. The third-order valence-corrected chi connectivity index (χ3v) is 4.20. The van der Waals surface area contributed by atoms with Crippen LogP contribution in [0.2, 0.25) is 10.0 Å². The number of hydrogen-bond acceptors (Lipinski definition) is 2. The van der Waals surface area contributed by atoms with Crippen molar-refractivity contribution >= 4 is 50.0 Å². The molecule has 0 bridgehead atoms. The number of fused-ring (bicyclic) bond motifs is 1. The number of benzene rings is 2. The van der Waals surface area contributed by atoms with E-state index in [0.29, 0.717) is 32.5 Å². The maximum absolute atomic E-state index is 12.8. The molecular weight excluding hydrogens is 375 g/mol. The van der Waals surface area contributed by atoms with Crippen LogP contribution in [-0.2, 0) is 0 Å². The van der Waals surface area contributed by atoms with Gasteiger partial charge in [0.1, 0.15) is 5.82 Å². The predicted octanol–water partition coefficient (Wildman–Crippen LogP) is 4.76. The van der Waals surface area contributed by atoms with Gasteiger partial charge in [-0.25, -0.2) is 4.98 Å². The van der Waals surface area contributed by atoms with E-state index in [9.17, 15) is 4.79 Å². The number of aromatic nitrogens is 2. The van der Waals surface area contributed by atoms with Crippen molar-refractivity contribution in [2.24, 2.45) is 0 Å². The lowest BCUT2D eigenvalue weighted by Gasteiger charge is -2.12. The second-order valence-corrected chi connectivity index (χ2v) is 6.32. The summed E-state index contributed by atoms with van der Waals surface area (Å²) in [6.07, 6.45) is 0. The maximum Gasteiger partial charge on any atom is 0.266 e. The Balaban J connectivity index is 2.42. The smallest absolute Gasteiger partial charge is 0.266 e. The van der Waals surface area contributed by atoms with Crippen LogP contribution in [0.1, 0.15) is 5.82 Å². The fourth-order valence-corrected chi connectivity index (χ4v) is 2.94. The van der Waals surface area contributed by atoms with E-state index in [0.717, 1.165) is 4.47 Å². The van der Waals surface area contributed by atoms with Crippen LogP contribution in [-0.4, -0.2) is 9.55 Å². The van der Waals surface area contributed by atoms with Crippen LogP contribution in [0.25, 0.3) is 16.6 Å². The van der Waals surface area contributed by atoms with E-state index in [1.165, 1.54) is 4.57 Å². The Labute approximate surface area is 139 Å². The van der Waals surface area contributed by atoms with Crippen molar-refractivity contribution in [2.75, 3.05) is 0 Å². The normalized spacial score (nSPS) is 11.0. The van der Waals surface area contributed by atoms with Gasteiger partial charge in [-0.05, 0) is 43.3 Å². The standard InChI is InChI=1S/C15H9BrCl2N2O/c1-8-19-13-5-2-9(16)6-11(13)15(21)20(8)14-7-10(17)3-4-12(14)18/h2-7H,1H3. The lowest BCUT2D eigenvalue weighted by molar-refractivity contribution is 0.895. The molecule has 0 saturated heterocycles. The van der Waals surface area contributed by atoms with Crippen molar-refractivity contribution in [1.82, 2.24) is 9.55 Å². The van der Waals surface area contributed by atoms with Crippen LogP contribution in [0.15, 0.2) is 45.7 Å². The van der Waals surface area contributed by atoms with Crippen molar-refractivity contribution in [1.29, 1.82) is 0 Å². The second-order valence-electron chi connectivity index (χ2n) is 4.56. The first-order valence-corrected chi connectivity index (χ1v) is 7.66. The summed E-state index contributed by atoms with van der Waals surface area (Å²) in [5.41, 5.74) is 0.999. The minimum absolute atomic E-state index is 0.178. The molecule has 0 aliphatic rings. The first-order chi connectivity index (χ1) is 9.97. The zero-order valence-electron chi connectivity index (χ0n) is 10.9. The van der Waals surface area contributed by atoms with Gasteiger partial charge in [-0.1, -0.05) is 39.1 Å². The first-order valence-electron chi connectivity index (χ1n) is 6.12. The summed E-state index contributed by atoms with van der Waals surface area (Å²) in [7, 11) is 0. The third-order valence-electron chi connectivity index (χ3n) is 3.15. The van der Waals surface area contributed by atoms with Gasteiger partial charge in [-0.2, -0.15) is 0 Å². The van der Waals surface area contributed by atoms with Gasteiger partial charge in [0.2, 0.25) is 0 Å². The van der Waals surface area contributed by atoms with Crippen LogP contribution >= 0.6 is 39.1 Å². The van der Waals surface area contributed by atoms with Crippen LogP contribution in [0.3, 0.4) is 0 Å². The quantitative estimate of drug-likeness (QED) is 0.606. The Morgan fingerprint density at radius 3 is 2.67 bits per heavy atom. The van der Waals surface area contributed by atoms with Gasteiger partial charge in [-0.3, -0.25) is 9.36 Å². The molecule has 1 aromatic heterocycles. The summed E-state index contributed by atoms with van der Waals surface area (Å²) in [5, 5.41) is 1.47. The topological polar surface area (TPSA) is 34.9 Å². The number of rotatable bonds is 1. The fourth-order valence-electron chi connectivity index (χ4n) is 2.21. The molecule has 0 unspecified atom stereocenters. The van der Waals surface area contributed by atoms with E-state index in [2.05, 4.69) is 20.9 Å². The number of halogens is 3. The van der Waals surface area contributed by atoms with Crippen molar-refractivity contribution in [3.63, 3.8) is 0 Å². The van der Waals surface area contributed by atoms with E-state index in [1.54, 1.807) is 37.3 Å². The van der Waals surface area contributed by atoms with Crippen LogP contribution in [0.5, 0.6) is 0 Å². The summed E-state index contributed by atoms with van der Waals surface area (Å²) >= 11 is 15.6. The Morgan fingerprint density at radius 1 is 1.14 bits per heavy atom. The lowest BCUT2D eigenvalue weighted by Crippen LogP contribution is -2.22. The Kier molecular flexibility index (Phi) is 3.78. The highest BCUT2D eigenvalue weighted by atomic mass is 79.9. The molecule has 0 fully saturated rings. The molecule has 0 aliphatic carbocycles. The summed E-state index contributed by atoms with van der Waals surface area (Å²) in [6, 6.07) is 10.4. The highest BCUT2D eigenvalue weighted by Crippen LogP contribution is 2.25. The van der Waals surface area contributed by atoms with E-state index in [-0.39, 0.29) is 5.56 Å². The summed E-state index contributed by atoms with van der Waals surface area (Å²) in [5.74, 6) is 0.555. The Bertz CT molecular complexity index is 921. The summed E-state index contributed by atoms with van der Waals surface area (Å²) in [6.45, 7) is 1.76. The highest BCUT2D eigenvalue weighted by Gasteiger charge is 2.13. The molecule has 0 saturated carbocycles. The van der Waals surface area contributed by atoms with E-state index >= 15 is 0 Å². The minimum atomic E-state index is -0.178. The molecule has 0 amide bonds. The van der Waals surface area contributed by atoms with Gasteiger partial charge in [0, 0.05) is 9.50 Å². The van der Waals surface area contributed by atoms with Gasteiger partial charge in [-0.15, -0.1) is 0 Å². The zero-order valence-corrected chi connectivity index (χ0v) is 14.0. The zero-order chi connectivity index (χ0) is 15.1. The van der Waals surface area contributed by atoms with Crippen molar-refractivity contribution in [3.8, 4) is 5.69 Å². The maximum atomic E-state index is 12.8. The average molecular weight is 384 g/mol. The van der Waals surface area contributed by atoms with Crippen LogP contribution in [0.4, 0.5) is 0 Å². The van der Waals surface area contributed by atoms with E-state index in [1.807, 2.05) is 6.07 Å². The number of nitrogens with zero attached hydrogens (tertiary/aromatic N) is 2. The summed E-state index contributed by atoms with van der Waals surface area (Å²) in [4.78, 5) is 17.2. The van der Waals surface area contributed by atoms with Gasteiger partial charge in [0.25, 0.3) is 5.56 Å². The molecule has 6 heteroatoms. The summed E-state index contributed by atoms with van der Waals surface area (Å²) < 4.78 is 2.30. The molecule has 106 valence electrons. The lowest BCUT2D eigenvalue weighted by atomic mass is 10.2. The number of aryl methyl sites for hydroxylation is 1. The van der Waals surface area contributed by atoms with Gasteiger partial charge in [0.15, 0.2) is 0 Å². The molecule has 1 heterocycles. The predicted molar refractivity (Wildman–Crippen MR) is 89.8 cm³/mol. The molecule has 3 aromatic rings. The highest BCUT2D eigenvalue weighted by molar-refractivity contribution is 9.10. The van der Waals surface area contributed by atoms with Crippen molar-refractivity contribution in [2.45, 2.75) is 6.92 Å². The first kappa shape index (κ1) is 14.6. The van der Waals surface area contributed by atoms with Crippen molar-refractivity contribution in [3.05, 3.63) is 67.1 Å². The molecule has 21 heavy (non-hydrogen) atoms. The third kappa shape index (κ3) is 2.59. The van der Waals surface area contributed by atoms with E-state index in [4.69, 9.17) is 23.2 Å². The molecule has 0 radical (unpaired) electrons. The van der Waals surface area contributed by atoms with Gasteiger partial charge in [0.05, 0.1) is 21.6 Å². The molecule has 0 atom stereocenters. The second kappa shape index (κ2) is 5.44. The van der Waals surface area contributed by atoms with Crippen LogP contribution in [0, 0.1) is 6.92 Å². The monoisotopic (exact) mass is 382 g/mol. The average Bonchev–Trinajstić information content (AvgIpc) is 2.44. The fraction of sp³-hybridized carbons (Fsp3) is 0.0667. The SMILES string of the molecule is Cc1nc2ccc(Br)cc2c(=O)n1-c1cc(Cl)ccc1Cl. The molecule has 0 N–H and O–H groups in total. The minimum Gasteiger partial charge on any atom is -0.268 e. The Morgan fingerprint density at radius 2 is 1.90 bits per heavy atom. The van der Waals surface area contributed by atoms with E-state index < -0.39 is 0 Å². The largest absolute Gasteiger partial charge is 0.268 e. The molecule has 3 rings (SSSR count). The molecule has 0 aliphatic heterocycles. The molecular formula is C15H9BrCl2N2O. The van der Waals surface area contributed by atoms with Gasteiger partial charge >= 0.3 is 0 Å². The molecule has 0 spiro atoms. The van der Waals surface area contributed by atoms with Gasteiger partial charge < -0.3 is 0 Å². The van der Waals surface area contributed by atoms with Crippen LogP contribution < -0.4 is 5.56 Å². The molecule has 2 aromatic carbocycles. The molecule has 3 nitrogen and oxygen atoms in total.